The van der Waals surface area contributed by atoms with Gasteiger partial charge in [-0.15, -0.1) is 0 Å². The third kappa shape index (κ3) is 4.46. The Balaban J connectivity index is 1.54. The molecule has 0 bridgehead atoms. The van der Waals surface area contributed by atoms with Crippen LogP contribution in [0.2, 0.25) is 0 Å². The quantitative estimate of drug-likeness (QED) is 0.416. The van der Waals surface area contributed by atoms with Crippen molar-refractivity contribution in [1.29, 1.82) is 0 Å². The maximum absolute atomic E-state index is 11.6. The van der Waals surface area contributed by atoms with E-state index in [1.807, 2.05) is 6.07 Å². The second kappa shape index (κ2) is 9.53. The van der Waals surface area contributed by atoms with Gasteiger partial charge in [-0.25, -0.2) is 0 Å². The molecule has 2 heterocycles. The minimum absolute atomic E-state index is 0.0645. The highest BCUT2D eigenvalue weighted by Gasteiger charge is 2.37. The number of carbonyl (C=O) groups excluding carboxylic acids is 1. The molecule has 5 rings (SSSR count). The van der Waals surface area contributed by atoms with Crippen LogP contribution in [0.1, 0.15) is 41.6 Å². The van der Waals surface area contributed by atoms with Gasteiger partial charge in [0, 0.05) is 47.7 Å². The van der Waals surface area contributed by atoms with Crippen LogP contribution in [0.25, 0.3) is 0 Å². The molecular weight excluding hydrogens is 484 g/mol. The van der Waals surface area contributed by atoms with Gasteiger partial charge in [-0.3, -0.25) is 4.79 Å². The number of methoxy groups -OCH3 is 3. The van der Waals surface area contributed by atoms with Crippen LogP contribution in [0.3, 0.4) is 0 Å². The number of hydrogen-bond donors (Lipinski definition) is 3. The first kappa shape index (κ1) is 24.2. The second-order valence-electron chi connectivity index (χ2n) is 8.69. The fourth-order valence-electron chi connectivity index (χ4n) is 4.79. The van der Waals surface area contributed by atoms with Crippen LogP contribution in [0.15, 0.2) is 42.5 Å². The lowest BCUT2D eigenvalue weighted by Gasteiger charge is -2.34. The average Bonchev–Trinajstić information content (AvgIpc) is 3.28. The van der Waals surface area contributed by atoms with E-state index in [0.717, 1.165) is 5.56 Å². The number of esters is 1. The predicted molar refractivity (Wildman–Crippen MR) is 129 cm³/mol. The third-order valence-electron chi connectivity index (χ3n) is 6.49. The van der Waals surface area contributed by atoms with Crippen molar-refractivity contribution in [1.82, 2.24) is 0 Å². The second-order valence-corrected chi connectivity index (χ2v) is 8.69. The summed E-state index contributed by atoms with van der Waals surface area (Å²) in [4.78, 5) is 11.6. The Kier molecular flexibility index (Phi) is 6.24. The molecule has 3 aromatic carbocycles. The number of carbonyl (C=O) groups is 1. The fraction of sp³-hybridized carbons (Fsp3) is 0.296. The normalized spacial score (nSPS) is 19.5. The van der Waals surface area contributed by atoms with Gasteiger partial charge in [-0.2, -0.15) is 0 Å². The number of benzene rings is 3. The van der Waals surface area contributed by atoms with Crippen molar-refractivity contribution in [2.75, 3.05) is 21.3 Å². The lowest BCUT2D eigenvalue weighted by atomic mass is 9.81. The van der Waals surface area contributed by atoms with Crippen molar-refractivity contribution < 1.29 is 48.5 Å². The molecule has 2 unspecified atom stereocenters. The van der Waals surface area contributed by atoms with E-state index in [0.29, 0.717) is 40.5 Å². The maximum Gasteiger partial charge on any atom is 0.313 e. The van der Waals surface area contributed by atoms with Crippen molar-refractivity contribution in [2.24, 2.45) is 0 Å². The van der Waals surface area contributed by atoms with E-state index in [2.05, 4.69) is 4.74 Å². The minimum Gasteiger partial charge on any atom is -0.508 e. The molecule has 10 heteroatoms. The van der Waals surface area contributed by atoms with Crippen LogP contribution < -0.4 is 23.7 Å². The first-order chi connectivity index (χ1) is 17.8. The Morgan fingerprint density at radius 3 is 2.35 bits per heavy atom. The molecule has 0 aliphatic carbocycles. The first-order valence-corrected chi connectivity index (χ1v) is 11.5. The van der Waals surface area contributed by atoms with E-state index in [9.17, 15) is 20.1 Å². The molecule has 0 fully saturated rings. The Morgan fingerprint density at radius 1 is 0.865 bits per heavy atom. The molecule has 3 aromatic rings. The van der Waals surface area contributed by atoms with Crippen molar-refractivity contribution >= 4 is 5.97 Å². The molecule has 37 heavy (non-hydrogen) atoms. The van der Waals surface area contributed by atoms with E-state index in [4.69, 9.17) is 23.7 Å². The van der Waals surface area contributed by atoms with Gasteiger partial charge in [0.2, 0.25) is 0 Å². The van der Waals surface area contributed by atoms with E-state index >= 15 is 0 Å². The number of rotatable bonds is 6. The molecule has 3 atom stereocenters. The zero-order chi connectivity index (χ0) is 26.3. The van der Waals surface area contributed by atoms with Crippen molar-refractivity contribution in [3.63, 3.8) is 0 Å². The van der Waals surface area contributed by atoms with Gasteiger partial charge in [0.15, 0.2) is 11.5 Å². The summed E-state index contributed by atoms with van der Waals surface area (Å²) in [6.07, 6.45) is -1.11. The Hall–Kier alpha value is -4.47. The predicted octanol–water partition coefficient (Wildman–Crippen LogP) is 4.14. The van der Waals surface area contributed by atoms with Crippen LogP contribution in [0.5, 0.6) is 46.0 Å². The van der Waals surface area contributed by atoms with Crippen LogP contribution in [0, 0.1) is 0 Å². The topological polar surface area (TPSA) is 133 Å². The molecule has 10 nitrogen and oxygen atoms in total. The highest BCUT2D eigenvalue weighted by atomic mass is 16.7. The van der Waals surface area contributed by atoms with Gasteiger partial charge < -0.3 is 43.7 Å². The summed E-state index contributed by atoms with van der Waals surface area (Å²) in [6.45, 7) is 0. The SMILES string of the molecule is COC(=O)CC1Oc2ccc([C@@H]3CC(c4c(O)cc(OC)cc4OC)c4c(O)cc(O)cc4O3)cc2O1. The number of phenols is 3. The fourth-order valence-corrected chi connectivity index (χ4v) is 4.79. The summed E-state index contributed by atoms with van der Waals surface area (Å²) in [7, 11) is 4.26. The molecule has 0 saturated heterocycles. The molecule has 3 N–H and O–H groups in total. The molecular formula is C27H26O10. The Bertz CT molecular complexity index is 1350. The molecule has 2 aliphatic rings. The number of fused-ring (bicyclic) bond motifs is 2. The Labute approximate surface area is 212 Å². The lowest BCUT2D eigenvalue weighted by molar-refractivity contribution is -0.145. The summed E-state index contributed by atoms with van der Waals surface area (Å²) in [5.74, 6) is 0.537. The van der Waals surface area contributed by atoms with Gasteiger partial charge in [0.05, 0.1) is 21.3 Å². The summed E-state index contributed by atoms with van der Waals surface area (Å²) in [5.41, 5.74) is 1.58. The first-order valence-electron chi connectivity index (χ1n) is 11.5. The largest absolute Gasteiger partial charge is 0.508 e. The van der Waals surface area contributed by atoms with Gasteiger partial charge in [0.1, 0.15) is 47.0 Å². The van der Waals surface area contributed by atoms with E-state index in [1.165, 1.54) is 39.5 Å². The summed E-state index contributed by atoms with van der Waals surface area (Å²) >= 11 is 0. The van der Waals surface area contributed by atoms with Gasteiger partial charge >= 0.3 is 5.97 Å². The van der Waals surface area contributed by atoms with Gasteiger partial charge in [-0.1, -0.05) is 6.07 Å². The molecule has 0 aromatic heterocycles. The van der Waals surface area contributed by atoms with E-state index < -0.39 is 24.3 Å². The van der Waals surface area contributed by atoms with Crippen molar-refractivity contribution in [3.8, 4) is 46.0 Å². The van der Waals surface area contributed by atoms with Gasteiger partial charge in [-0.05, 0) is 17.7 Å². The number of aromatic hydroxyl groups is 3. The highest BCUT2D eigenvalue weighted by Crippen LogP contribution is 2.54. The third-order valence-corrected chi connectivity index (χ3v) is 6.49. The molecule has 2 aliphatic heterocycles. The number of hydrogen-bond acceptors (Lipinski definition) is 10. The van der Waals surface area contributed by atoms with E-state index in [1.54, 1.807) is 18.2 Å². The molecule has 0 spiro atoms. The summed E-state index contributed by atoms with van der Waals surface area (Å²) < 4.78 is 33.2. The monoisotopic (exact) mass is 510 g/mol. The smallest absolute Gasteiger partial charge is 0.313 e. The highest BCUT2D eigenvalue weighted by molar-refractivity contribution is 5.70. The van der Waals surface area contributed by atoms with Crippen LogP contribution in [-0.4, -0.2) is 48.9 Å². The van der Waals surface area contributed by atoms with Crippen LogP contribution in [-0.2, 0) is 9.53 Å². The van der Waals surface area contributed by atoms with E-state index in [-0.39, 0.29) is 29.4 Å². The lowest BCUT2D eigenvalue weighted by Crippen LogP contribution is -2.22. The maximum atomic E-state index is 11.6. The standard InChI is InChI=1S/C27H26O10/c1-32-15-9-18(30)26(22(10-15)33-2)16-11-20(35-23-8-14(28)7-17(29)27(16)23)13-4-5-19-21(6-13)37-25(36-19)12-24(31)34-3/h4-10,16,20,25,28-30H,11-12H2,1-3H3/t16?,20-,25?/m0/s1. The summed E-state index contributed by atoms with van der Waals surface area (Å²) in [6, 6.07) is 11.1. The average molecular weight is 510 g/mol. The van der Waals surface area contributed by atoms with Crippen LogP contribution >= 0.6 is 0 Å². The zero-order valence-corrected chi connectivity index (χ0v) is 20.4. The summed E-state index contributed by atoms with van der Waals surface area (Å²) in [5, 5.41) is 31.9. The molecule has 194 valence electrons. The van der Waals surface area contributed by atoms with Crippen LogP contribution in [0.4, 0.5) is 0 Å². The molecule has 0 saturated carbocycles. The number of ether oxygens (including phenoxy) is 6. The van der Waals surface area contributed by atoms with Gasteiger partial charge in [0.25, 0.3) is 6.29 Å². The minimum atomic E-state index is -0.798. The van der Waals surface area contributed by atoms with Crippen molar-refractivity contribution in [3.05, 3.63) is 59.2 Å². The van der Waals surface area contributed by atoms with Crippen molar-refractivity contribution in [2.45, 2.75) is 31.2 Å². The zero-order valence-electron chi connectivity index (χ0n) is 20.4. The Morgan fingerprint density at radius 2 is 1.62 bits per heavy atom. The number of phenolic OH excluding ortho intramolecular Hbond substituents is 3. The molecule has 0 amide bonds. The molecule has 0 radical (unpaired) electrons.